The van der Waals surface area contributed by atoms with E-state index in [2.05, 4.69) is 9.97 Å². The number of thiazole rings is 1. The van der Waals surface area contributed by atoms with Crippen molar-refractivity contribution in [1.82, 2.24) is 19.9 Å². The summed E-state index contributed by atoms with van der Waals surface area (Å²) >= 11 is 7.35. The van der Waals surface area contributed by atoms with Crippen molar-refractivity contribution in [1.29, 1.82) is 0 Å². The summed E-state index contributed by atoms with van der Waals surface area (Å²) < 4.78 is 78.0. The second-order valence-corrected chi connectivity index (χ2v) is 14.2. The molecule has 0 bridgehead atoms. The number of nitrogens with zero attached hydrogens (tertiary/aromatic N) is 4. The Morgan fingerprint density at radius 2 is 1.76 bits per heavy atom. The Kier molecular flexibility index (Phi) is 9.38. The fourth-order valence-corrected chi connectivity index (χ4v) is 7.45. The van der Waals surface area contributed by atoms with E-state index in [4.69, 9.17) is 21.3 Å². The van der Waals surface area contributed by atoms with Crippen molar-refractivity contribution in [2.75, 3.05) is 24.4 Å². The molecular weight excluding hydrogens is 651 g/mol. The van der Waals surface area contributed by atoms with Crippen molar-refractivity contribution in [3.8, 4) is 21.8 Å². The van der Waals surface area contributed by atoms with E-state index in [1.807, 2.05) is 25.5 Å². The van der Waals surface area contributed by atoms with Crippen LogP contribution in [-0.4, -0.2) is 54.1 Å². The second-order valence-electron chi connectivity index (χ2n) is 11.2. The number of anilines is 1. The monoisotopic (exact) mass is 679 g/mol. The van der Waals surface area contributed by atoms with Crippen molar-refractivity contribution in [2.24, 2.45) is 5.92 Å². The number of piperidine rings is 1. The highest BCUT2D eigenvalue weighted by molar-refractivity contribution is 7.92. The zero-order valence-electron chi connectivity index (χ0n) is 24.5. The molecule has 0 aliphatic carbocycles. The van der Waals surface area contributed by atoms with Crippen molar-refractivity contribution < 1.29 is 31.1 Å². The molecule has 3 heterocycles. The number of sulfonamides is 1. The predicted octanol–water partition coefficient (Wildman–Crippen LogP) is 7.28. The minimum absolute atomic E-state index is 0.0401. The maximum absolute atomic E-state index is 16.1. The second kappa shape index (κ2) is 12.9. The molecule has 1 saturated heterocycles. The van der Waals surface area contributed by atoms with Crippen LogP contribution in [-0.2, 0) is 20.2 Å². The zero-order valence-corrected chi connectivity index (χ0v) is 26.9. The van der Waals surface area contributed by atoms with Crippen LogP contribution >= 0.6 is 22.9 Å². The third-order valence-electron chi connectivity index (χ3n) is 7.35. The molecule has 45 heavy (non-hydrogen) atoms. The topological polar surface area (TPSA) is 114 Å². The third-order valence-corrected chi connectivity index (χ3v) is 10.3. The summed E-state index contributed by atoms with van der Waals surface area (Å²) in [6, 6.07) is 8.14. The van der Waals surface area contributed by atoms with Crippen LogP contribution in [0.3, 0.4) is 0 Å². The SMILES string of the molecule is CC(C)COC(=O)N1CCC(C)(c2nc(-c3cccc(NS(=O)(=O)c4c(F)cccc4F)c3F)c(-c3ccnc(Cl)n3)s2)CC1. The van der Waals surface area contributed by atoms with Gasteiger partial charge < -0.3 is 9.64 Å². The molecule has 1 fully saturated rings. The number of rotatable bonds is 8. The lowest BCUT2D eigenvalue weighted by molar-refractivity contribution is 0.0762. The number of nitrogens with one attached hydrogen (secondary N) is 1. The van der Waals surface area contributed by atoms with Crippen LogP contribution in [0.2, 0.25) is 5.28 Å². The Morgan fingerprint density at radius 1 is 1.09 bits per heavy atom. The highest BCUT2D eigenvalue weighted by Gasteiger charge is 2.38. The Labute approximate surface area is 267 Å². The van der Waals surface area contributed by atoms with Gasteiger partial charge in [0, 0.05) is 30.3 Å². The summed E-state index contributed by atoms with van der Waals surface area (Å²) in [6.45, 7) is 7.10. The lowest BCUT2D eigenvalue weighted by Crippen LogP contribution is -2.44. The number of carbonyl (C=O) groups excluding carboxylic acids is 1. The number of aromatic nitrogens is 3. The molecular formula is C30H29ClF3N5O4S2. The Hall–Kier alpha value is -3.75. The lowest BCUT2D eigenvalue weighted by atomic mass is 9.81. The van der Waals surface area contributed by atoms with Crippen molar-refractivity contribution in [3.05, 3.63) is 76.4 Å². The van der Waals surface area contributed by atoms with Gasteiger partial charge in [0.15, 0.2) is 10.7 Å². The molecule has 2 aromatic heterocycles. The summed E-state index contributed by atoms with van der Waals surface area (Å²) in [5.74, 6) is -3.44. The molecule has 0 saturated carbocycles. The smallest absolute Gasteiger partial charge is 0.409 e. The van der Waals surface area contributed by atoms with Crippen LogP contribution in [0.4, 0.5) is 23.7 Å². The molecule has 1 amide bonds. The van der Waals surface area contributed by atoms with Crippen LogP contribution in [0.15, 0.2) is 53.6 Å². The molecule has 1 aliphatic rings. The first-order valence-corrected chi connectivity index (χ1v) is 16.6. The minimum Gasteiger partial charge on any atom is -0.449 e. The van der Waals surface area contributed by atoms with Crippen LogP contribution < -0.4 is 4.72 Å². The Bertz CT molecular complexity index is 1830. The average molecular weight is 680 g/mol. The number of hydrogen-bond acceptors (Lipinski definition) is 8. The molecule has 1 N–H and O–H groups in total. The first-order chi connectivity index (χ1) is 21.3. The fraction of sp³-hybridized carbons (Fsp3) is 0.333. The van der Waals surface area contributed by atoms with Gasteiger partial charge in [-0.3, -0.25) is 4.72 Å². The van der Waals surface area contributed by atoms with E-state index in [9.17, 15) is 22.0 Å². The van der Waals surface area contributed by atoms with Gasteiger partial charge in [-0.05, 0) is 60.7 Å². The summed E-state index contributed by atoms with van der Waals surface area (Å²) in [4.78, 5) is 26.5. The highest BCUT2D eigenvalue weighted by atomic mass is 35.5. The fourth-order valence-electron chi connectivity index (χ4n) is 4.85. The molecule has 5 rings (SSSR count). The lowest BCUT2D eigenvalue weighted by Gasteiger charge is -2.37. The number of ether oxygens (including phenoxy) is 1. The van der Waals surface area contributed by atoms with Crippen molar-refractivity contribution in [3.63, 3.8) is 0 Å². The van der Waals surface area contributed by atoms with E-state index in [0.717, 1.165) is 24.3 Å². The Balaban J connectivity index is 1.52. The molecule has 0 unspecified atom stereocenters. The summed E-state index contributed by atoms with van der Waals surface area (Å²) in [7, 11) is -4.85. The summed E-state index contributed by atoms with van der Waals surface area (Å²) in [5.41, 5.74) is -0.571. The van der Waals surface area contributed by atoms with Gasteiger partial charge in [0.2, 0.25) is 5.28 Å². The van der Waals surface area contributed by atoms with E-state index in [1.54, 1.807) is 11.0 Å². The zero-order chi connectivity index (χ0) is 32.5. The van der Waals surface area contributed by atoms with Crippen LogP contribution in [0.25, 0.3) is 21.8 Å². The summed E-state index contributed by atoms with van der Waals surface area (Å²) in [5, 5.41) is 0.609. The molecule has 4 aromatic rings. The van der Waals surface area contributed by atoms with Crippen molar-refractivity contribution >= 4 is 44.7 Å². The number of carbonyl (C=O) groups is 1. The quantitative estimate of drug-likeness (QED) is 0.195. The van der Waals surface area contributed by atoms with Crippen LogP contribution in [0, 0.1) is 23.4 Å². The third kappa shape index (κ3) is 6.92. The van der Waals surface area contributed by atoms with Gasteiger partial charge in [0.05, 0.1) is 33.6 Å². The minimum atomic E-state index is -4.85. The van der Waals surface area contributed by atoms with Crippen LogP contribution in [0.5, 0.6) is 0 Å². The standard InChI is InChI=1S/C30H29ClF3N5O4S2/c1-17(2)16-43-29(40)39-14-11-30(3,12-15-39)27-37-24(25(44-27)22-10-13-35-28(31)36-22)18-6-4-9-21(23(18)34)38-45(41,42)26-19(32)7-5-8-20(26)33/h4-10,13,17,38H,11-12,14-16H2,1-3H3. The van der Waals surface area contributed by atoms with Gasteiger partial charge in [0.1, 0.15) is 11.6 Å². The molecule has 15 heteroatoms. The van der Waals surface area contributed by atoms with Gasteiger partial charge >= 0.3 is 6.09 Å². The van der Waals surface area contributed by atoms with Gasteiger partial charge in [-0.25, -0.2) is 41.3 Å². The number of halogens is 4. The number of likely N-dealkylation sites (tertiary alicyclic amines) is 1. The van der Waals surface area contributed by atoms with Crippen molar-refractivity contribution in [2.45, 2.75) is 43.9 Å². The normalized spacial score (nSPS) is 14.9. The largest absolute Gasteiger partial charge is 0.449 e. The van der Waals surface area contributed by atoms with Gasteiger partial charge in [-0.15, -0.1) is 11.3 Å². The summed E-state index contributed by atoms with van der Waals surface area (Å²) in [6.07, 6.45) is 2.17. The molecule has 9 nitrogen and oxygen atoms in total. The highest BCUT2D eigenvalue weighted by Crippen LogP contribution is 2.45. The molecule has 0 spiro atoms. The molecule has 2 aromatic carbocycles. The van der Waals surface area contributed by atoms with Gasteiger partial charge in [-0.1, -0.05) is 32.9 Å². The van der Waals surface area contributed by atoms with Crippen LogP contribution in [0.1, 0.15) is 38.6 Å². The maximum atomic E-state index is 16.1. The average Bonchev–Trinajstić information content (AvgIpc) is 3.43. The van der Waals surface area contributed by atoms with E-state index in [1.165, 1.54) is 29.7 Å². The number of amides is 1. The first kappa shape index (κ1) is 32.6. The number of hydrogen-bond donors (Lipinski definition) is 1. The van der Waals surface area contributed by atoms with E-state index in [-0.39, 0.29) is 28.6 Å². The van der Waals surface area contributed by atoms with Gasteiger partial charge in [0.25, 0.3) is 10.0 Å². The van der Waals surface area contributed by atoms with E-state index in [0.29, 0.717) is 48.1 Å². The first-order valence-electron chi connectivity index (χ1n) is 14.0. The van der Waals surface area contributed by atoms with Gasteiger partial charge in [-0.2, -0.15) is 0 Å². The molecule has 238 valence electrons. The van der Waals surface area contributed by atoms with E-state index < -0.39 is 43.5 Å². The molecule has 0 radical (unpaired) electrons. The Morgan fingerprint density at radius 3 is 2.40 bits per heavy atom. The maximum Gasteiger partial charge on any atom is 0.409 e. The predicted molar refractivity (Wildman–Crippen MR) is 165 cm³/mol. The van der Waals surface area contributed by atoms with E-state index >= 15 is 4.39 Å². The molecule has 1 aliphatic heterocycles. The molecule has 0 atom stereocenters. The number of benzene rings is 2.